The van der Waals surface area contributed by atoms with Gasteiger partial charge in [-0.3, -0.25) is 0 Å². The molecule has 0 saturated carbocycles. The molecule has 1 aromatic heterocycles. The molecule has 0 amide bonds. The molecule has 15 heavy (non-hydrogen) atoms. The van der Waals surface area contributed by atoms with Crippen molar-refractivity contribution < 1.29 is 0 Å². The van der Waals surface area contributed by atoms with Gasteiger partial charge in [-0.25, -0.2) is 4.98 Å². The molecule has 1 aromatic carbocycles. The van der Waals surface area contributed by atoms with Crippen LogP contribution in [0.3, 0.4) is 0 Å². The lowest BCUT2D eigenvalue weighted by Crippen LogP contribution is -2.09. The highest BCUT2D eigenvalue weighted by molar-refractivity contribution is 9.10. The molecule has 0 unspecified atom stereocenters. The second kappa shape index (κ2) is 4.38. The lowest BCUT2D eigenvalue weighted by Gasteiger charge is -1.95. The van der Waals surface area contributed by atoms with Gasteiger partial charge in [-0.2, -0.15) is 0 Å². The lowest BCUT2D eigenvalue weighted by molar-refractivity contribution is 1.37. The summed E-state index contributed by atoms with van der Waals surface area (Å²) in [5, 5.41) is 2.81. The van der Waals surface area contributed by atoms with Crippen molar-refractivity contribution >= 4 is 44.5 Å². The number of nitrogens with two attached hydrogens (primary N) is 1. The zero-order valence-corrected chi connectivity index (χ0v) is 10.8. The molecule has 0 aliphatic carbocycles. The van der Waals surface area contributed by atoms with Gasteiger partial charge in [-0.15, -0.1) is 11.3 Å². The summed E-state index contributed by atoms with van der Waals surface area (Å²) in [5.41, 5.74) is 7.26. The average Bonchev–Trinajstić information content (AvgIpc) is 2.68. The fourth-order valence-electron chi connectivity index (χ4n) is 1.11. The second-order valence-electron chi connectivity index (χ2n) is 2.91. The van der Waals surface area contributed by atoms with E-state index in [-0.39, 0.29) is 0 Å². The SMILES string of the molecule is NC(=S)c1csc(-c2ccc(Br)cc2)n1. The van der Waals surface area contributed by atoms with Crippen LogP contribution < -0.4 is 5.73 Å². The largest absolute Gasteiger partial charge is 0.388 e. The van der Waals surface area contributed by atoms with Crippen LogP contribution in [0.25, 0.3) is 10.6 Å². The molecule has 0 spiro atoms. The fourth-order valence-corrected chi connectivity index (χ4v) is 2.38. The van der Waals surface area contributed by atoms with Crippen LogP contribution in [-0.4, -0.2) is 9.97 Å². The van der Waals surface area contributed by atoms with Gasteiger partial charge in [0, 0.05) is 15.4 Å². The highest BCUT2D eigenvalue weighted by Crippen LogP contribution is 2.25. The minimum Gasteiger partial charge on any atom is -0.388 e. The van der Waals surface area contributed by atoms with E-state index in [1.807, 2.05) is 29.6 Å². The molecule has 0 aliphatic rings. The van der Waals surface area contributed by atoms with Crippen molar-refractivity contribution in [3.05, 3.63) is 39.8 Å². The van der Waals surface area contributed by atoms with Gasteiger partial charge < -0.3 is 5.73 Å². The summed E-state index contributed by atoms with van der Waals surface area (Å²) >= 11 is 9.79. The molecule has 0 atom stereocenters. The van der Waals surface area contributed by atoms with Gasteiger partial charge in [0.15, 0.2) is 0 Å². The molecule has 0 fully saturated rings. The van der Waals surface area contributed by atoms with Crippen LogP contribution in [0.1, 0.15) is 5.69 Å². The van der Waals surface area contributed by atoms with E-state index in [4.69, 9.17) is 18.0 Å². The predicted molar refractivity (Wildman–Crippen MR) is 71.1 cm³/mol. The third-order valence-electron chi connectivity index (χ3n) is 1.85. The quantitative estimate of drug-likeness (QED) is 0.866. The van der Waals surface area contributed by atoms with E-state index in [9.17, 15) is 0 Å². The smallest absolute Gasteiger partial charge is 0.124 e. The Hall–Kier alpha value is -0.780. The zero-order chi connectivity index (χ0) is 10.8. The van der Waals surface area contributed by atoms with Crippen LogP contribution in [0.15, 0.2) is 34.1 Å². The Balaban J connectivity index is 2.37. The Morgan fingerprint density at radius 2 is 2.00 bits per heavy atom. The van der Waals surface area contributed by atoms with Crippen LogP contribution in [0.2, 0.25) is 0 Å². The van der Waals surface area contributed by atoms with Crippen LogP contribution in [0, 0.1) is 0 Å². The van der Waals surface area contributed by atoms with Gasteiger partial charge in [-0.1, -0.05) is 40.3 Å². The molecule has 0 radical (unpaired) electrons. The second-order valence-corrected chi connectivity index (χ2v) is 5.12. The van der Waals surface area contributed by atoms with Crippen LogP contribution in [0.4, 0.5) is 0 Å². The first-order valence-corrected chi connectivity index (χ1v) is 6.26. The van der Waals surface area contributed by atoms with E-state index >= 15 is 0 Å². The number of hydrogen-bond acceptors (Lipinski definition) is 3. The van der Waals surface area contributed by atoms with Crippen LogP contribution >= 0.6 is 39.5 Å². The molecule has 5 heteroatoms. The molecule has 76 valence electrons. The van der Waals surface area contributed by atoms with Gasteiger partial charge in [0.05, 0.1) is 0 Å². The topological polar surface area (TPSA) is 38.9 Å². The average molecular weight is 299 g/mol. The first-order valence-electron chi connectivity index (χ1n) is 4.18. The van der Waals surface area contributed by atoms with Crippen molar-refractivity contribution in [2.24, 2.45) is 5.73 Å². The fraction of sp³-hybridized carbons (Fsp3) is 0. The number of nitrogens with zero attached hydrogens (tertiary/aromatic N) is 1. The Morgan fingerprint density at radius 3 is 2.53 bits per heavy atom. The Kier molecular flexibility index (Phi) is 3.14. The third-order valence-corrected chi connectivity index (χ3v) is 3.48. The number of benzene rings is 1. The van der Waals surface area contributed by atoms with Crippen molar-refractivity contribution in [2.45, 2.75) is 0 Å². The van der Waals surface area contributed by atoms with Gasteiger partial charge in [0.2, 0.25) is 0 Å². The summed E-state index contributed by atoms with van der Waals surface area (Å²) in [7, 11) is 0. The molecule has 2 nitrogen and oxygen atoms in total. The minimum absolute atomic E-state index is 0.342. The first kappa shape index (κ1) is 10.7. The van der Waals surface area contributed by atoms with E-state index in [0.717, 1.165) is 15.0 Å². The van der Waals surface area contributed by atoms with Gasteiger partial charge >= 0.3 is 0 Å². The first-order chi connectivity index (χ1) is 7.16. The molecule has 0 aliphatic heterocycles. The third kappa shape index (κ3) is 2.42. The number of aromatic nitrogens is 1. The molecule has 1 heterocycles. The van der Waals surface area contributed by atoms with Crippen LogP contribution in [-0.2, 0) is 0 Å². The van der Waals surface area contributed by atoms with Crippen molar-refractivity contribution in [1.82, 2.24) is 4.98 Å². The van der Waals surface area contributed by atoms with Gasteiger partial charge in [0.1, 0.15) is 15.7 Å². The van der Waals surface area contributed by atoms with Gasteiger partial charge in [-0.05, 0) is 12.1 Å². The van der Waals surface area contributed by atoms with Crippen molar-refractivity contribution in [1.29, 1.82) is 0 Å². The van der Waals surface area contributed by atoms with E-state index in [0.29, 0.717) is 10.7 Å². The summed E-state index contributed by atoms with van der Waals surface area (Å²) < 4.78 is 1.05. The predicted octanol–water partition coefficient (Wildman–Crippen LogP) is 3.21. The van der Waals surface area contributed by atoms with Crippen molar-refractivity contribution in [2.75, 3.05) is 0 Å². The maximum absolute atomic E-state index is 5.50. The maximum Gasteiger partial charge on any atom is 0.124 e. The minimum atomic E-state index is 0.342. The van der Waals surface area contributed by atoms with Crippen molar-refractivity contribution in [3.63, 3.8) is 0 Å². The molecule has 0 bridgehead atoms. The standard InChI is InChI=1S/C10H7BrN2S2/c11-7-3-1-6(2-4-7)10-13-8(5-15-10)9(12)14/h1-5H,(H2,12,14). The number of halogens is 1. The molecule has 0 saturated heterocycles. The van der Waals surface area contributed by atoms with Gasteiger partial charge in [0.25, 0.3) is 0 Å². The maximum atomic E-state index is 5.50. The number of thiazole rings is 1. The molecular formula is C10H7BrN2S2. The van der Waals surface area contributed by atoms with Crippen molar-refractivity contribution in [3.8, 4) is 10.6 Å². The van der Waals surface area contributed by atoms with E-state index in [2.05, 4.69) is 20.9 Å². The monoisotopic (exact) mass is 298 g/mol. The normalized spacial score (nSPS) is 10.2. The molecule has 2 rings (SSSR count). The zero-order valence-electron chi connectivity index (χ0n) is 7.61. The van der Waals surface area contributed by atoms with E-state index < -0.39 is 0 Å². The summed E-state index contributed by atoms with van der Waals surface area (Å²) in [5.74, 6) is 0. The highest BCUT2D eigenvalue weighted by Gasteiger charge is 2.05. The highest BCUT2D eigenvalue weighted by atomic mass is 79.9. The Morgan fingerprint density at radius 1 is 1.33 bits per heavy atom. The lowest BCUT2D eigenvalue weighted by atomic mass is 10.2. The molecule has 2 aromatic rings. The Labute approximate surface area is 105 Å². The number of thiocarbonyl (C=S) groups is 1. The number of hydrogen-bond donors (Lipinski definition) is 1. The summed E-state index contributed by atoms with van der Waals surface area (Å²) in [6.07, 6.45) is 0. The van der Waals surface area contributed by atoms with E-state index in [1.165, 1.54) is 0 Å². The van der Waals surface area contributed by atoms with E-state index in [1.54, 1.807) is 11.3 Å². The summed E-state index contributed by atoms with van der Waals surface area (Å²) in [6, 6.07) is 7.98. The number of rotatable bonds is 2. The summed E-state index contributed by atoms with van der Waals surface area (Å²) in [6.45, 7) is 0. The summed E-state index contributed by atoms with van der Waals surface area (Å²) in [4.78, 5) is 4.69. The molecule has 2 N–H and O–H groups in total. The van der Waals surface area contributed by atoms with Crippen LogP contribution in [0.5, 0.6) is 0 Å². The Bertz CT molecular complexity index is 490. The molecular weight excluding hydrogens is 292 g/mol.